The number of thiophene rings is 1. The third-order valence-electron chi connectivity index (χ3n) is 2.45. The zero-order valence-electron chi connectivity index (χ0n) is 10.0. The van der Waals surface area contributed by atoms with E-state index in [9.17, 15) is 4.79 Å². The average molecular weight is 354 g/mol. The molecule has 0 amide bonds. The number of hydrogen-bond acceptors (Lipinski definition) is 6. The second-order valence-electron chi connectivity index (χ2n) is 3.84. The number of rotatable bonds is 4. The number of furan rings is 1. The first-order valence-corrected chi connectivity index (χ1v) is 7.31. The molecule has 102 valence electrons. The van der Waals surface area contributed by atoms with Gasteiger partial charge in [-0.2, -0.15) is 0 Å². The van der Waals surface area contributed by atoms with Crippen LogP contribution < -0.4 is 0 Å². The number of ether oxygens (including phenoxy) is 1. The van der Waals surface area contributed by atoms with E-state index in [1.165, 1.54) is 6.07 Å². The Morgan fingerprint density at radius 3 is 3.00 bits per heavy atom. The van der Waals surface area contributed by atoms with Crippen molar-refractivity contribution in [1.29, 1.82) is 0 Å². The van der Waals surface area contributed by atoms with Crippen LogP contribution in [0.4, 0.5) is 0 Å². The summed E-state index contributed by atoms with van der Waals surface area (Å²) in [5.74, 6) is 0.252. The van der Waals surface area contributed by atoms with Gasteiger partial charge in [0.1, 0.15) is 12.3 Å². The smallest absolute Gasteiger partial charge is 0.374 e. The van der Waals surface area contributed by atoms with Crippen molar-refractivity contribution < 1.29 is 18.5 Å². The van der Waals surface area contributed by atoms with Crippen LogP contribution >= 0.6 is 27.3 Å². The minimum Gasteiger partial charge on any atom is -0.453 e. The minimum atomic E-state index is -0.545. The fourth-order valence-corrected chi connectivity index (χ4v) is 2.53. The van der Waals surface area contributed by atoms with Crippen LogP contribution in [0.2, 0.25) is 0 Å². The van der Waals surface area contributed by atoms with Crippen molar-refractivity contribution in [3.8, 4) is 10.6 Å². The largest absolute Gasteiger partial charge is 0.453 e. The first-order valence-electron chi connectivity index (χ1n) is 5.64. The molecule has 5 nitrogen and oxygen atoms in total. The number of hydrogen-bond donors (Lipinski definition) is 0. The van der Waals surface area contributed by atoms with Gasteiger partial charge in [0.15, 0.2) is 10.4 Å². The summed E-state index contributed by atoms with van der Waals surface area (Å²) in [6.45, 7) is 0.0338. The molecule has 3 aromatic heterocycles. The van der Waals surface area contributed by atoms with Gasteiger partial charge in [0.2, 0.25) is 5.76 Å². The van der Waals surface area contributed by atoms with E-state index >= 15 is 0 Å². The Labute approximate surface area is 126 Å². The number of esters is 1. The third kappa shape index (κ3) is 2.83. The molecule has 3 aromatic rings. The first kappa shape index (κ1) is 13.1. The molecule has 3 rings (SSSR count). The van der Waals surface area contributed by atoms with Gasteiger partial charge in [0, 0.05) is 6.07 Å². The number of nitrogens with zero attached hydrogens (tertiary/aromatic N) is 1. The minimum absolute atomic E-state index is 0.0338. The van der Waals surface area contributed by atoms with Gasteiger partial charge < -0.3 is 13.7 Å². The second-order valence-corrected chi connectivity index (χ2v) is 5.57. The van der Waals surface area contributed by atoms with Crippen LogP contribution in [-0.4, -0.2) is 11.1 Å². The summed E-state index contributed by atoms with van der Waals surface area (Å²) in [5, 5.41) is 5.81. The molecule has 7 heteroatoms. The summed E-state index contributed by atoms with van der Waals surface area (Å²) >= 11 is 4.67. The predicted molar refractivity (Wildman–Crippen MR) is 75.3 cm³/mol. The monoisotopic (exact) mass is 353 g/mol. The van der Waals surface area contributed by atoms with E-state index in [-0.39, 0.29) is 12.4 Å². The summed E-state index contributed by atoms with van der Waals surface area (Å²) in [4.78, 5) is 12.7. The van der Waals surface area contributed by atoms with Gasteiger partial charge >= 0.3 is 5.97 Å². The zero-order valence-corrected chi connectivity index (χ0v) is 12.4. The maximum atomic E-state index is 11.7. The van der Waals surface area contributed by atoms with E-state index in [1.54, 1.807) is 23.5 Å². The molecule has 0 bridgehead atoms. The van der Waals surface area contributed by atoms with Crippen molar-refractivity contribution in [2.75, 3.05) is 0 Å². The van der Waals surface area contributed by atoms with Gasteiger partial charge in [0.05, 0.1) is 4.88 Å². The molecule has 0 atom stereocenters. The molecule has 0 aromatic carbocycles. The third-order valence-corrected chi connectivity index (χ3v) is 3.76. The highest BCUT2D eigenvalue weighted by Gasteiger charge is 2.14. The van der Waals surface area contributed by atoms with Crippen LogP contribution in [0.25, 0.3) is 10.6 Å². The Hall–Kier alpha value is -1.86. The molecule has 0 aliphatic rings. The van der Waals surface area contributed by atoms with Crippen LogP contribution in [0.15, 0.2) is 49.3 Å². The normalized spacial score (nSPS) is 10.7. The molecule has 3 heterocycles. The highest BCUT2D eigenvalue weighted by atomic mass is 79.9. The van der Waals surface area contributed by atoms with E-state index in [0.717, 1.165) is 4.88 Å². The van der Waals surface area contributed by atoms with E-state index in [2.05, 4.69) is 21.1 Å². The van der Waals surface area contributed by atoms with Gasteiger partial charge in [-0.3, -0.25) is 0 Å². The lowest BCUT2D eigenvalue weighted by Gasteiger charge is -1.98. The van der Waals surface area contributed by atoms with E-state index in [0.29, 0.717) is 16.1 Å². The van der Waals surface area contributed by atoms with Crippen LogP contribution in [0.5, 0.6) is 0 Å². The Bertz CT molecular complexity index is 716. The van der Waals surface area contributed by atoms with E-state index < -0.39 is 5.97 Å². The van der Waals surface area contributed by atoms with Gasteiger partial charge in [-0.25, -0.2) is 4.79 Å². The van der Waals surface area contributed by atoms with Crippen molar-refractivity contribution in [3.63, 3.8) is 0 Å². The van der Waals surface area contributed by atoms with Gasteiger partial charge in [0.25, 0.3) is 0 Å². The Kier molecular flexibility index (Phi) is 3.70. The van der Waals surface area contributed by atoms with Crippen LogP contribution in [0.1, 0.15) is 16.2 Å². The number of carbonyl (C=O) groups excluding carboxylic acids is 1. The van der Waals surface area contributed by atoms with Gasteiger partial charge in [-0.05, 0) is 39.5 Å². The molecular formula is C13H8BrNO4S. The van der Waals surface area contributed by atoms with Crippen molar-refractivity contribution in [2.24, 2.45) is 0 Å². The molecule has 0 N–H and O–H groups in total. The lowest BCUT2D eigenvalue weighted by Crippen LogP contribution is -2.03. The van der Waals surface area contributed by atoms with Crippen LogP contribution in [0.3, 0.4) is 0 Å². The molecular weight excluding hydrogens is 346 g/mol. The van der Waals surface area contributed by atoms with Crippen LogP contribution in [0, 0.1) is 0 Å². The fourth-order valence-electron chi connectivity index (χ4n) is 1.55. The summed E-state index contributed by atoms with van der Waals surface area (Å²) in [6, 6.07) is 8.77. The second kappa shape index (κ2) is 5.64. The first-order chi connectivity index (χ1) is 9.72. The molecule has 0 aliphatic carbocycles. The summed E-state index contributed by atoms with van der Waals surface area (Å²) in [6.07, 6.45) is 0. The Morgan fingerprint density at radius 2 is 2.30 bits per heavy atom. The highest BCUT2D eigenvalue weighted by Crippen LogP contribution is 2.25. The Morgan fingerprint density at radius 1 is 1.40 bits per heavy atom. The maximum Gasteiger partial charge on any atom is 0.374 e. The zero-order chi connectivity index (χ0) is 13.9. The molecule has 0 spiro atoms. The van der Waals surface area contributed by atoms with E-state index in [1.807, 2.05) is 17.5 Å². The van der Waals surface area contributed by atoms with Crippen LogP contribution in [-0.2, 0) is 11.3 Å². The number of aromatic nitrogens is 1. The molecule has 0 saturated heterocycles. The van der Waals surface area contributed by atoms with Gasteiger partial charge in [-0.15, -0.1) is 11.3 Å². The summed E-state index contributed by atoms with van der Waals surface area (Å²) in [5.41, 5.74) is 0.548. The molecule has 0 radical (unpaired) electrons. The van der Waals surface area contributed by atoms with Crippen molar-refractivity contribution in [3.05, 3.63) is 51.8 Å². The predicted octanol–water partition coefficient (Wildman–Crippen LogP) is 4.12. The SMILES string of the molecule is O=C(OCc1cc(-c2cccs2)on1)c1ccc(Br)o1. The maximum absolute atomic E-state index is 11.7. The average Bonchev–Trinajstić information content (AvgIpc) is 3.16. The summed E-state index contributed by atoms with van der Waals surface area (Å²) < 4.78 is 15.9. The van der Waals surface area contributed by atoms with Crippen molar-refractivity contribution >= 4 is 33.2 Å². The number of halogens is 1. The van der Waals surface area contributed by atoms with Gasteiger partial charge in [-0.1, -0.05) is 11.2 Å². The molecule has 0 aliphatic heterocycles. The van der Waals surface area contributed by atoms with Crippen molar-refractivity contribution in [2.45, 2.75) is 6.61 Å². The van der Waals surface area contributed by atoms with Crippen molar-refractivity contribution in [1.82, 2.24) is 5.16 Å². The molecule has 0 unspecified atom stereocenters. The lowest BCUT2D eigenvalue weighted by molar-refractivity contribution is 0.0426. The number of carbonyl (C=O) groups is 1. The van der Waals surface area contributed by atoms with E-state index in [4.69, 9.17) is 13.7 Å². The highest BCUT2D eigenvalue weighted by molar-refractivity contribution is 9.10. The summed E-state index contributed by atoms with van der Waals surface area (Å²) in [7, 11) is 0. The molecule has 0 saturated carbocycles. The Balaban J connectivity index is 1.63. The standard InChI is InChI=1S/C13H8BrNO4S/c14-12-4-3-9(18-12)13(16)17-7-8-6-10(19-15-8)11-2-1-5-20-11/h1-6H,7H2. The molecule has 20 heavy (non-hydrogen) atoms. The molecule has 0 fully saturated rings. The topological polar surface area (TPSA) is 65.5 Å². The lowest BCUT2D eigenvalue weighted by atomic mass is 10.3. The quantitative estimate of drug-likeness (QED) is 0.660. The fraction of sp³-hybridized carbons (Fsp3) is 0.0769.